The fourth-order valence-electron chi connectivity index (χ4n) is 2.78. The van der Waals surface area contributed by atoms with Crippen molar-refractivity contribution in [1.82, 2.24) is 25.1 Å². The maximum Gasteiger partial charge on any atom is 0.268 e. The predicted octanol–water partition coefficient (Wildman–Crippen LogP) is 2.51. The summed E-state index contributed by atoms with van der Waals surface area (Å²) < 4.78 is 5.66. The van der Waals surface area contributed by atoms with Crippen molar-refractivity contribution in [1.29, 1.82) is 0 Å². The van der Waals surface area contributed by atoms with Gasteiger partial charge in [0.2, 0.25) is 5.88 Å². The molecule has 0 unspecified atom stereocenters. The molecule has 9 heteroatoms. The van der Waals surface area contributed by atoms with Crippen molar-refractivity contribution in [2.24, 2.45) is 5.73 Å². The van der Waals surface area contributed by atoms with Crippen LogP contribution in [0.1, 0.15) is 19.8 Å². The minimum Gasteiger partial charge on any atom is -0.415 e. The van der Waals surface area contributed by atoms with E-state index in [0.717, 1.165) is 31.7 Å². The molecule has 4 rings (SSSR count). The second-order valence-corrected chi connectivity index (χ2v) is 6.89. The summed E-state index contributed by atoms with van der Waals surface area (Å²) in [4.78, 5) is 15.3. The minimum atomic E-state index is -0.106. The molecule has 1 aliphatic heterocycles. The molecule has 1 saturated heterocycles. The van der Waals surface area contributed by atoms with Crippen molar-refractivity contribution in [2.75, 3.05) is 18.0 Å². The van der Waals surface area contributed by atoms with Gasteiger partial charge in [-0.25, -0.2) is 15.0 Å². The molecule has 0 radical (unpaired) electrons. The van der Waals surface area contributed by atoms with Crippen LogP contribution in [-0.4, -0.2) is 43.8 Å². The Morgan fingerprint density at radius 3 is 2.84 bits per heavy atom. The van der Waals surface area contributed by atoms with Gasteiger partial charge in [0, 0.05) is 24.8 Å². The van der Waals surface area contributed by atoms with E-state index in [2.05, 4.69) is 37.0 Å². The van der Waals surface area contributed by atoms with Crippen LogP contribution in [0.3, 0.4) is 0 Å². The molecule has 0 saturated carbocycles. The van der Waals surface area contributed by atoms with E-state index in [1.165, 1.54) is 0 Å². The van der Waals surface area contributed by atoms with E-state index in [-0.39, 0.29) is 11.4 Å². The molecule has 25 heavy (non-hydrogen) atoms. The molecule has 4 heterocycles. The van der Waals surface area contributed by atoms with Gasteiger partial charge in [0.05, 0.1) is 6.20 Å². The lowest BCUT2D eigenvalue weighted by molar-refractivity contribution is 0.363. The average Bonchev–Trinajstić information content (AvgIpc) is 2.99. The van der Waals surface area contributed by atoms with E-state index < -0.39 is 0 Å². The number of H-pyrrole nitrogens is 1. The molecule has 0 bridgehead atoms. The van der Waals surface area contributed by atoms with Gasteiger partial charge in [-0.05, 0) is 31.9 Å². The second-order valence-electron chi connectivity index (χ2n) is 6.49. The first-order valence-electron chi connectivity index (χ1n) is 8.05. The highest BCUT2D eigenvalue weighted by Gasteiger charge is 2.27. The number of pyridine rings is 1. The van der Waals surface area contributed by atoms with Crippen molar-refractivity contribution in [3.05, 3.63) is 29.5 Å². The van der Waals surface area contributed by atoms with Gasteiger partial charge in [-0.3, -0.25) is 5.10 Å². The molecule has 0 spiro atoms. The Balaban J connectivity index is 1.58. The first kappa shape index (κ1) is 16.0. The van der Waals surface area contributed by atoms with E-state index in [1.54, 1.807) is 24.5 Å². The quantitative estimate of drug-likeness (QED) is 0.740. The van der Waals surface area contributed by atoms with Crippen molar-refractivity contribution in [3.63, 3.8) is 0 Å². The SMILES string of the molecule is CC1(N)CCN(c2cnc3c(Oc4ncccc4Cl)n[nH]c3n2)CC1. The molecule has 3 aromatic heterocycles. The minimum absolute atomic E-state index is 0.106. The van der Waals surface area contributed by atoms with Crippen LogP contribution >= 0.6 is 11.6 Å². The number of aromatic amines is 1. The fraction of sp³-hybridized carbons (Fsp3) is 0.375. The maximum absolute atomic E-state index is 6.19. The second kappa shape index (κ2) is 6.12. The number of ether oxygens (including phenoxy) is 1. The van der Waals surface area contributed by atoms with Gasteiger partial charge in [0.15, 0.2) is 11.2 Å². The Labute approximate surface area is 149 Å². The molecule has 0 aliphatic carbocycles. The van der Waals surface area contributed by atoms with Crippen molar-refractivity contribution in [3.8, 4) is 11.8 Å². The number of hydrogen-bond donors (Lipinski definition) is 2. The van der Waals surface area contributed by atoms with Crippen LogP contribution < -0.4 is 15.4 Å². The van der Waals surface area contributed by atoms with Crippen LogP contribution in [0.15, 0.2) is 24.5 Å². The molecule has 0 aromatic carbocycles. The molecular weight excluding hydrogens is 342 g/mol. The lowest BCUT2D eigenvalue weighted by atomic mass is 9.91. The van der Waals surface area contributed by atoms with Crippen LogP contribution in [0.25, 0.3) is 11.2 Å². The molecule has 1 aliphatic rings. The van der Waals surface area contributed by atoms with Gasteiger partial charge >= 0.3 is 0 Å². The standard InChI is InChI=1S/C16H18ClN7O/c1-16(18)4-7-24(8-5-16)11-9-20-12-13(21-11)22-23-15(12)25-14-10(17)3-2-6-19-14/h2-3,6,9H,4-5,7-8,18H2,1H3,(H,21,22,23). The number of hydrogen-bond acceptors (Lipinski definition) is 7. The Morgan fingerprint density at radius 1 is 1.28 bits per heavy atom. The number of halogens is 1. The molecule has 1 fully saturated rings. The summed E-state index contributed by atoms with van der Waals surface area (Å²) in [5.74, 6) is 1.37. The molecule has 130 valence electrons. The van der Waals surface area contributed by atoms with Crippen molar-refractivity contribution < 1.29 is 4.74 Å². The van der Waals surface area contributed by atoms with E-state index in [4.69, 9.17) is 22.1 Å². The zero-order chi connectivity index (χ0) is 17.4. The third-order valence-electron chi connectivity index (χ3n) is 4.37. The van der Waals surface area contributed by atoms with Crippen LogP contribution in [0, 0.1) is 0 Å². The zero-order valence-electron chi connectivity index (χ0n) is 13.7. The summed E-state index contributed by atoms with van der Waals surface area (Å²) in [5.41, 5.74) is 7.17. The number of piperidine rings is 1. The number of rotatable bonds is 3. The Kier molecular flexibility index (Phi) is 3.93. The topological polar surface area (TPSA) is 106 Å². The van der Waals surface area contributed by atoms with E-state index in [0.29, 0.717) is 22.1 Å². The van der Waals surface area contributed by atoms with Crippen molar-refractivity contribution >= 4 is 28.6 Å². The van der Waals surface area contributed by atoms with Crippen molar-refractivity contribution in [2.45, 2.75) is 25.3 Å². The number of anilines is 1. The third kappa shape index (κ3) is 3.22. The van der Waals surface area contributed by atoms with Crippen LogP contribution in [-0.2, 0) is 0 Å². The monoisotopic (exact) mass is 359 g/mol. The summed E-state index contributed by atoms with van der Waals surface area (Å²) in [7, 11) is 0. The van der Waals surface area contributed by atoms with Gasteiger partial charge in [-0.15, -0.1) is 5.10 Å². The summed E-state index contributed by atoms with van der Waals surface area (Å²) >= 11 is 6.06. The van der Waals surface area contributed by atoms with Gasteiger partial charge in [-0.2, -0.15) is 0 Å². The number of nitrogens with one attached hydrogen (secondary N) is 1. The Bertz CT molecular complexity index is 900. The molecule has 3 aromatic rings. The number of nitrogens with two attached hydrogens (primary N) is 1. The summed E-state index contributed by atoms with van der Waals surface area (Å²) in [6.07, 6.45) is 5.16. The van der Waals surface area contributed by atoms with Gasteiger partial charge in [-0.1, -0.05) is 11.6 Å². The zero-order valence-corrected chi connectivity index (χ0v) is 14.5. The number of aromatic nitrogens is 5. The molecular formula is C16H18ClN7O. The fourth-order valence-corrected chi connectivity index (χ4v) is 2.94. The highest BCUT2D eigenvalue weighted by Crippen LogP contribution is 2.30. The predicted molar refractivity (Wildman–Crippen MR) is 95.0 cm³/mol. The molecule has 3 N–H and O–H groups in total. The highest BCUT2D eigenvalue weighted by atomic mass is 35.5. The molecule has 0 amide bonds. The van der Waals surface area contributed by atoms with Gasteiger partial charge < -0.3 is 15.4 Å². The number of fused-ring (bicyclic) bond motifs is 1. The Morgan fingerprint density at radius 2 is 2.08 bits per heavy atom. The average molecular weight is 360 g/mol. The third-order valence-corrected chi connectivity index (χ3v) is 4.66. The highest BCUT2D eigenvalue weighted by molar-refractivity contribution is 6.31. The van der Waals surface area contributed by atoms with E-state index in [9.17, 15) is 0 Å². The van der Waals surface area contributed by atoms with Crippen LogP contribution in [0.5, 0.6) is 11.8 Å². The summed E-state index contributed by atoms with van der Waals surface area (Å²) in [6.45, 7) is 3.79. The van der Waals surface area contributed by atoms with Crippen LogP contribution in [0.2, 0.25) is 5.02 Å². The maximum atomic E-state index is 6.19. The summed E-state index contributed by atoms with van der Waals surface area (Å²) in [6, 6.07) is 3.43. The van der Waals surface area contributed by atoms with Gasteiger partial charge in [0.25, 0.3) is 5.88 Å². The van der Waals surface area contributed by atoms with Crippen LogP contribution in [0.4, 0.5) is 5.82 Å². The lowest BCUT2D eigenvalue weighted by Crippen LogP contribution is -2.48. The lowest BCUT2D eigenvalue weighted by Gasteiger charge is -2.37. The largest absolute Gasteiger partial charge is 0.415 e. The molecule has 0 atom stereocenters. The smallest absolute Gasteiger partial charge is 0.268 e. The molecule has 8 nitrogen and oxygen atoms in total. The first-order chi connectivity index (χ1) is 12.0. The van der Waals surface area contributed by atoms with E-state index in [1.807, 2.05) is 0 Å². The number of nitrogens with zero attached hydrogens (tertiary/aromatic N) is 5. The Hall–Kier alpha value is -2.45. The first-order valence-corrected chi connectivity index (χ1v) is 8.43. The van der Waals surface area contributed by atoms with E-state index >= 15 is 0 Å². The van der Waals surface area contributed by atoms with Gasteiger partial charge in [0.1, 0.15) is 10.8 Å². The normalized spacial score (nSPS) is 17.0. The summed E-state index contributed by atoms with van der Waals surface area (Å²) in [5, 5.41) is 7.39.